The number of piperazine rings is 1. The van der Waals surface area contributed by atoms with Crippen molar-refractivity contribution in [2.24, 2.45) is 7.05 Å². The lowest BCUT2D eigenvalue weighted by Gasteiger charge is -2.32. The molecule has 3 aromatic rings. The number of fused-ring (bicyclic) bond motifs is 1. The van der Waals surface area contributed by atoms with Crippen LogP contribution in [0.1, 0.15) is 21.5 Å². The standard InChI is InChI=1S/C22H25N3O/c1-17-6-5-7-18(14-17)15-24-10-12-25(13-11-24)22(26)20-16-23(2)21-9-4-3-8-19(20)21/h3-9,14,16H,10-13,15H2,1-2H3/p+1. The number of nitrogens with zero attached hydrogens (tertiary/aromatic N) is 2. The molecular formula is C22H26N3O+. The van der Waals surface area contributed by atoms with Gasteiger partial charge >= 0.3 is 0 Å². The molecule has 1 amide bonds. The summed E-state index contributed by atoms with van der Waals surface area (Å²) in [5, 5.41) is 1.05. The average molecular weight is 348 g/mol. The van der Waals surface area contributed by atoms with E-state index in [0.29, 0.717) is 0 Å². The van der Waals surface area contributed by atoms with E-state index in [0.717, 1.165) is 49.2 Å². The molecule has 1 saturated heterocycles. The van der Waals surface area contributed by atoms with Crippen LogP contribution in [0.25, 0.3) is 10.9 Å². The van der Waals surface area contributed by atoms with Crippen molar-refractivity contribution >= 4 is 16.8 Å². The first-order valence-electron chi connectivity index (χ1n) is 9.34. The van der Waals surface area contributed by atoms with Crippen LogP contribution in [0.2, 0.25) is 0 Å². The fourth-order valence-electron chi connectivity index (χ4n) is 4.00. The summed E-state index contributed by atoms with van der Waals surface area (Å²) in [5.41, 5.74) is 4.63. The normalized spacial score (nSPS) is 15.5. The molecule has 4 heteroatoms. The summed E-state index contributed by atoms with van der Waals surface area (Å²) in [6, 6.07) is 16.9. The largest absolute Gasteiger partial charge is 0.350 e. The van der Waals surface area contributed by atoms with E-state index in [-0.39, 0.29) is 5.91 Å². The van der Waals surface area contributed by atoms with E-state index in [1.54, 1.807) is 4.90 Å². The third-order valence-corrected chi connectivity index (χ3v) is 5.42. The Morgan fingerprint density at radius 3 is 2.62 bits per heavy atom. The Labute approximate surface area is 154 Å². The fourth-order valence-corrected chi connectivity index (χ4v) is 4.00. The summed E-state index contributed by atoms with van der Waals surface area (Å²) >= 11 is 0. The zero-order chi connectivity index (χ0) is 18.1. The van der Waals surface area contributed by atoms with Crippen LogP contribution in [0.5, 0.6) is 0 Å². The predicted octanol–water partition coefficient (Wildman–Crippen LogP) is 2.03. The number of benzene rings is 2. The van der Waals surface area contributed by atoms with Crippen LogP contribution in [0.3, 0.4) is 0 Å². The van der Waals surface area contributed by atoms with Crippen LogP contribution >= 0.6 is 0 Å². The summed E-state index contributed by atoms with van der Waals surface area (Å²) in [4.78, 5) is 16.6. The van der Waals surface area contributed by atoms with E-state index in [4.69, 9.17) is 0 Å². The van der Waals surface area contributed by atoms with Crippen molar-refractivity contribution < 1.29 is 9.69 Å². The molecule has 0 saturated carbocycles. The number of carbonyl (C=O) groups is 1. The van der Waals surface area contributed by atoms with Gasteiger partial charge in [0.05, 0.1) is 31.7 Å². The maximum absolute atomic E-state index is 13.0. The van der Waals surface area contributed by atoms with Gasteiger partial charge in [0.2, 0.25) is 0 Å². The SMILES string of the molecule is Cc1cccc(C[NH+]2CCN(C(=O)c3cn(C)c4ccccc34)CC2)c1. The lowest BCUT2D eigenvalue weighted by molar-refractivity contribution is -0.917. The molecule has 1 aliphatic heterocycles. The molecule has 0 unspecified atom stereocenters. The van der Waals surface area contributed by atoms with E-state index in [2.05, 4.69) is 37.3 Å². The number of hydrogen-bond acceptors (Lipinski definition) is 1. The van der Waals surface area contributed by atoms with Gasteiger partial charge in [-0.15, -0.1) is 0 Å². The minimum absolute atomic E-state index is 0.163. The molecule has 0 radical (unpaired) electrons. The molecule has 4 rings (SSSR count). The summed E-state index contributed by atoms with van der Waals surface area (Å²) in [5.74, 6) is 0.163. The van der Waals surface area contributed by atoms with Gasteiger partial charge in [-0.25, -0.2) is 0 Å². The second-order valence-electron chi connectivity index (χ2n) is 7.38. The number of aromatic nitrogens is 1. The third-order valence-electron chi connectivity index (χ3n) is 5.42. The second kappa shape index (κ2) is 6.96. The minimum atomic E-state index is 0.163. The molecule has 1 fully saturated rings. The number of amides is 1. The first-order chi connectivity index (χ1) is 12.6. The highest BCUT2D eigenvalue weighted by Gasteiger charge is 2.26. The van der Waals surface area contributed by atoms with E-state index in [1.165, 1.54) is 11.1 Å². The van der Waals surface area contributed by atoms with Gasteiger partial charge in [-0.2, -0.15) is 0 Å². The summed E-state index contributed by atoms with van der Waals surface area (Å²) < 4.78 is 2.04. The minimum Gasteiger partial charge on any atom is -0.350 e. The lowest BCUT2D eigenvalue weighted by Crippen LogP contribution is -3.13. The molecule has 4 nitrogen and oxygen atoms in total. The molecule has 0 bridgehead atoms. The number of nitrogens with one attached hydrogen (secondary N) is 1. The maximum atomic E-state index is 13.0. The molecule has 2 heterocycles. The Hall–Kier alpha value is -2.59. The van der Waals surface area contributed by atoms with Crippen LogP contribution in [-0.2, 0) is 13.6 Å². The molecule has 1 aliphatic rings. The van der Waals surface area contributed by atoms with Gasteiger partial charge in [-0.05, 0) is 13.0 Å². The van der Waals surface area contributed by atoms with Crippen molar-refractivity contribution in [1.29, 1.82) is 0 Å². The topological polar surface area (TPSA) is 29.7 Å². The fraction of sp³-hybridized carbons (Fsp3) is 0.318. The highest BCUT2D eigenvalue weighted by molar-refractivity contribution is 6.07. The molecule has 26 heavy (non-hydrogen) atoms. The van der Waals surface area contributed by atoms with E-state index in [9.17, 15) is 4.79 Å². The first-order valence-corrected chi connectivity index (χ1v) is 9.34. The molecule has 0 atom stereocenters. The van der Waals surface area contributed by atoms with Crippen LogP contribution in [-0.4, -0.2) is 41.6 Å². The van der Waals surface area contributed by atoms with Crippen LogP contribution in [0, 0.1) is 6.92 Å². The monoisotopic (exact) mass is 348 g/mol. The Morgan fingerprint density at radius 2 is 1.85 bits per heavy atom. The van der Waals surface area contributed by atoms with E-state index in [1.807, 2.05) is 40.9 Å². The Bertz CT molecular complexity index is 935. The van der Waals surface area contributed by atoms with Gasteiger partial charge in [0.25, 0.3) is 5.91 Å². The van der Waals surface area contributed by atoms with Crippen LogP contribution in [0.15, 0.2) is 54.7 Å². The van der Waals surface area contributed by atoms with Crippen molar-refractivity contribution in [1.82, 2.24) is 9.47 Å². The van der Waals surface area contributed by atoms with Crippen molar-refractivity contribution in [3.8, 4) is 0 Å². The maximum Gasteiger partial charge on any atom is 0.256 e. The van der Waals surface area contributed by atoms with Gasteiger partial charge in [0, 0.05) is 29.7 Å². The van der Waals surface area contributed by atoms with Gasteiger partial charge in [0.15, 0.2) is 0 Å². The average Bonchev–Trinajstić information content (AvgIpc) is 2.99. The first kappa shape index (κ1) is 16.9. The Balaban J connectivity index is 1.43. The van der Waals surface area contributed by atoms with Gasteiger partial charge in [-0.3, -0.25) is 4.79 Å². The van der Waals surface area contributed by atoms with Crippen molar-refractivity contribution in [2.45, 2.75) is 13.5 Å². The number of carbonyl (C=O) groups excluding carboxylic acids is 1. The predicted molar refractivity (Wildman–Crippen MR) is 104 cm³/mol. The number of aryl methyl sites for hydroxylation is 2. The summed E-state index contributed by atoms with van der Waals surface area (Å²) in [6.45, 7) is 6.83. The lowest BCUT2D eigenvalue weighted by atomic mass is 10.1. The molecular weight excluding hydrogens is 322 g/mol. The number of para-hydroxylation sites is 1. The highest BCUT2D eigenvalue weighted by atomic mass is 16.2. The highest BCUT2D eigenvalue weighted by Crippen LogP contribution is 2.21. The molecule has 2 aromatic carbocycles. The van der Waals surface area contributed by atoms with E-state index < -0.39 is 0 Å². The second-order valence-corrected chi connectivity index (χ2v) is 7.38. The molecule has 1 aromatic heterocycles. The summed E-state index contributed by atoms with van der Waals surface area (Å²) in [6.07, 6.45) is 1.97. The van der Waals surface area contributed by atoms with E-state index >= 15 is 0 Å². The zero-order valence-electron chi connectivity index (χ0n) is 15.5. The smallest absolute Gasteiger partial charge is 0.256 e. The van der Waals surface area contributed by atoms with Gasteiger partial charge < -0.3 is 14.4 Å². The van der Waals surface area contributed by atoms with Crippen molar-refractivity contribution in [3.63, 3.8) is 0 Å². The molecule has 134 valence electrons. The quantitative estimate of drug-likeness (QED) is 0.771. The van der Waals surface area contributed by atoms with Crippen LogP contribution < -0.4 is 4.90 Å². The zero-order valence-corrected chi connectivity index (χ0v) is 15.5. The Morgan fingerprint density at radius 1 is 1.08 bits per heavy atom. The third kappa shape index (κ3) is 3.25. The molecule has 0 spiro atoms. The number of quaternary nitrogens is 1. The Kier molecular flexibility index (Phi) is 4.51. The number of hydrogen-bond donors (Lipinski definition) is 1. The number of rotatable bonds is 3. The summed E-state index contributed by atoms with van der Waals surface area (Å²) in [7, 11) is 2.00. The van der Waals surface area contributed by atoms with Crippen molar-refractivity contribution in [3.05, 3.63) is 71.4 Å². The van der Waals surface area contributed by atoms with Crippen molar-refractivity contribution in [2.75, 3.05) is 26.2 Å². The molecule has 1 N–H and O–H groups in total. The van der Waals surface area contributed by atoms with Gasteiger partial charge in [-0.1, -0.05) is 48.0 Å². The van der Waals surface area contributed by atoms with Gasteiger partial charge in [0.1, 0.15) is 6.54 Å². The molecule has 0 aliphatic carbocycles. The van der Waals surface area contributed by atoms with Crippen LogP contribution in [0.4, 0.5) is 0 Å².